The van der Waals surface area contributed by atoms with E-state index in [1.54, 1.807) is 12.1 Å². The van der Waals surface area contributed by atoms with Crippen LogP contribution in [0.2, 0.25) is 0 Å². The number of piperazine rings is 1. The molecule has 6 nitrogen and oxygen atoms in total. The summed E-state index contributed by atoms with van der Waals surface area (Å²) in [5.74, 6) is 0.239. The Morgan fingerprint density at radius 1 is 1.00 bits per heavy atom. The molecular weight excluding hydrogens is 341 g/mol. The molecule has 25 heavy (non-hydrogen) atoms. The van der Waals surface area contributed by atoms with Crippen molar-refractivity contribution in [1.82, 2.24) is 15.2 Å². The first kappa shape index (κ1) is 15.8. The van der Waals surface area contributed by atoms with Crippen LogP contribution in [-0.2, 0) is 0 Å². The number of nitrogens with zero attached hydrogens (tertiary/aromatic N) is 4. The number of halogens is 1. The second-order valence-electron chi connectivity index (χ2n) is 5.73. The van der Waals surface area contributed by atoms with E-state index in [0.717, 1.165) is 4.88 Å². The van der Waals surface area contributed by atoms with Crippen molar-refractivity contribution in [2.75, 3.05) is 36.0 Å². The van der Waals surface area contributed by atoms with Crippen LogP contribution in [0, 0.1) is 5.82 Å². The van der Waals surface area contributed by atoms with Crippen LogP contribution in [0.15, 0.2) is 46.6 Å². The molecular formula is C17H16FN5OS. The molecule has 2 aromatic heterocycles. The van der Waals surface area contributed by atoms with E-state index >= 15 is 0 Å². The summed E-state index contributed by atoms with van der Waals surface area (Å²) in [5, 5.41) is 10.2. The zero-order chi connectivity index (χ0) is 17.2. The summed E-state index contributed by atoms with van der Waals surface area (Å²) in [6.45, 7) is 2.57. The van der Waals surface area contributed by atoms with Crippen molar-refractivity contribution in [3.05, 3.63) is 57.9 Å². The molecule has 0 bridgehead atoms. The highest BCUT2D eigenvalue weighted by molar-refractivity contribution is 7.13. The van der Waals surface area contributed by atoms with E-state index in [1.165, 1.54) is 17.4 Å². The lowest BCUT2D eigenvalue weighted by Gasteiger charge is -2.36. The zero-order valence-corrected chi connectivity index (χ0v) is 14.2. The fourth-order valence-electron chi connectivity index (χ4n) is 2.91. The largest absolute Gasteiger partial charge is 0.366 e. The standard InChI is InChI=1S/C17H16FN5OS/c18-12-4-1-2-5-13(12)22-7-9-23(10-8-22)17-19-16(24)15(20-21-17)14-6-3-11-25-14/h1-6,11H,7-10H2,(H,19,21,24). The Labute approximate surface area is 147 Å². The van der Waals surface area contributed by atoms with Crippen LogP contribution in [0.3, 0.4) is 0 Å². The Bertz CT molecular complexity index is 919. The van der Waals surface area contributed by atoms with Crippen LogP contribution in [-0.4, -0.2) is 41.4 Å². The highest BCUT2D eigenvalue weighted by Crippen LogP contribution is 2.22. The summed E-state index contributed by atoms with van der Waals surface area (Å²) in [7, 11) is 0. The second kappa shape index (κ2) is 6.64. The molecule has 0 amide bonds. The molecule has 0 radical (unpaired) electrons. The molecule has 1 fully saturated rings. The predicted molar refractivity (Wildman–Crippen MR) is 96.8 cm³/mol. The van der Waals surface area contributed by atoms with Gasteiger partial charge in [0.15, 0.2) is 5.69 Å². The first-order valence-corrected chi connectivity index (χ1v) is 8.85. The van der Waals surface area contributed by atoms with E-state index in [9.17, 15) is 9.18 Å². The molecule has 0 aliphatic carbocycles. The van der Waals surface area contributed by atoms with Gasteiger partial charge in [0, 0.05) is 26.2 Å². The van der Waals surface area contributed by atoms with Crippen LogP contribution in [0.25, 0.3) is 10.6 Å². The summed E-state index contributed by atoms with van der Waals surface area (Å²) in [6, 6.07) is 10.5. The van der Waals surface area contributed by atoms with Crippen molar-refractivity contribution in [2.24, 2.45) is 0 Å². The van der Waals surface area contributed by atoms with E-state index < -0.39 is 0 Å². The fraction of sp³-hybridized carbons (Fsp3) is 0.235. The summed E-state index contributed by atoms with van der Waals surface area (Å²) >= 11 is 1.45. The SMILES string of the molecule is O=c1[nH]c(N2CCN(c3ccccc3F)CC2)nnc1-c1cccs1. The number of thiophene rings is 1. The molecule has 1 aliphatic heterocycles. The van der Waals surface area contributed by atoms with E-state index in [2.05, 4.69) is 15.2 Å². The Morgan fingerprint density at radius 3 is 2.44 bits per heavy atom. The second-order valence-corrected chi connectivity index (χ2v) is 6.68. The maximum Gasteiger partial charge on any atom is 0.280 e. The summed E-state index contributed by atoms with van der Waals surface area (Å²) in [6.07, 6.45) is 0. The van der Waals surface area contributed by atoms with Crippen molar-refractivity contribution in [3.63, 3.8) is 0 Å². The zero-order valence-electron chi connectivity index (χ0n) is 13.4. The highest BCUT2D eigenvalue weighted by Gasteiger charge is 2.21. The molecule has 1 saturated heterocycles. The fourth-order valence-corrected chi connectivity index (χ4v) is 3.62. The minimum Gasteiger partial charge on any atom is -0.366 e. The Morgan fingerprint density at radius 2 is 1.76 bits per heavy atom. The minimum absolute atomic E-state index is 0.218. The highest BCUT2D eigenvalue weighted by atomic mass is 32.1. The van der Waals surface area contributed by atoms with Crippen molar-refractivity contribution >= 4 is 23.0 Å². The molecule has 1 N–H and O–H groups in total. The number of H-pyrrole nitrogens is 1. The Kier molecular flexibility index (Phi) is 4.19. The van der Waals surface area contributed by atoms with E-state index in [1.807, 2.05) is 33.4 Å². The molecule has 4 rings (SSSR count). The van der Waals surface area contributed by atoms with Crippen molar-refractivity contribution in [3.8, 4) is 10.6 Å². The Hall–Kier alpha value is -2.74. The first-order chi connectivity index (χ1) is 12.2. The number of hydrogen-bond donors (Lipinski definition) is 1. The third-order valence-corrected chi connectivity index (χ3v) is 5.09. The number of hydrogen-bond acceptors (Lipinski definition) is 6. The van der Waals surface area contributed by atoms with Gasteiger partial charge in [0.1, 0.15) is 5.82 Å². The van der Waals surface area contributed by atoms with Gasteiger partial charge >= 0.3 is 0 Å². The molecule has 1 aromatic carbocycles. The smallest absolute Gasteiger partial charge is 0.280 e. The molecule has 0 saturated carbocycles. The van der Waals surface area contributed by atoms with Gasteiger partial charge in [0.05, 0.1) is 10.6 Å². The number of aromatic amines is 1. The molecule has 8 heteroatoms. The molecule has 0 spiro atoms. The first-order valence-electron chi connectivity index (χ1n) is 7.97. The van der Waals surface area contributed by atoms with Crippen molar-refractivity contribution < 1.29 is 4.39 Å². The van der Waals surface area contributed by atoms with Gasteiger partial charge in [-0.1, -0.05) is 18.2 Å². The number of aromatic nitrogens is 3. The molecule has 1 aliphatic rings. The van der Waals surface area contributed by atoms with E-state index in [4.69, 9.17) is 0 Å². The lowest BCUT2D eigenvalue weighted by atomic mass is 10.2. The topological polar surface area (TPSA) is 65.1 Å². The van der Waals surface area contributed by atoms with E-state index in [0.29, 0.717) is 43.5 Å². The number of anilines is 2. The normalized spacial score (nSPS) is 14.8. The van der Waals surface area contributed by atoms with Gasteiger partial charge in [0.2, 0.25) is 5.95 Å². The third-order valence-electron chi connectivity index (χ3n) is 4.21. The summed E-state index contributed by atoms with van der Waals surface area (Å²) in [5.41, 5.74) is 0.697. The van der Waals surface area contributed by atoms with Gasteiger partial charge in [-0.3, -0.25) is 9.78 Å². The quantitative estimate of drug-likeness (QED) is 0.780. The number of nitrogens with one attached hydrogen (secondary N) is 1. The summed E-state index contributed by atoms with van der Waals surface area (Å²) in [4.78, 5) is 19.8. The number of para-hydroxylation sites is 1. The average Bonchev–Trinajstić information content (AvgIpc) is 3.17. The lowest BCUT2D eigenvalue weighted by molar-refractivity contribution is 0.592. The molecule has 3 aromatic rings. The summed E-state index contributed by atoms with van der Waals surface area (Å²) < 4.78 is 13.9. The minimum atomic E-state index is -0.246. The predicted octanol–water partition coefficient (Wildman–Crippen LogP) is 2.36. The van der Waals surface area contributed by atoms with Gasteiger partial charge in [0.25, 0.3) is 5.56 Å². The maximum atomic E-state index is 13.9. The maximum absolute atomic E-state index is 13.9. The molecule has 0 atom stereocenters. The third kappa shape index (κ3) is 3.12. The molecule has 0 unspecified atom stereocenters. The lowest BCUT2D eigenvalue weighted by Crippen LogP contribution is -2.47. The van der Waals surface area contributed by atoms with Gasteiger partial charge in [-0.25, -0.2) is 4.39 Å². The van der Waals surface area contributed by atoms with E-state index in [-0.39, 0.29) is 11.4 Å². The van der Waals surface area contributed by atoms with Crippen LogP contribution in [0.4, 0.5) is 16.0 Å². The Balaban J connectivity index is 1.49. The van der Waals surface area contributed by atoms with Crippen molar-refractivity contribution in [1.29, 1.82) is 0 Å². The van der Waals surface area contributed by atoms with Gasteiger partial charge in [-0.15, -0.1) is 21.5 Å². The average molecular weight is 357 g/mol. The van der Waals surface area contributed by atoms with Crippen LogP contribution in [0.5, 0.6) is 0 Å². The van der Waals surface area contributed by atoms with Gasteiger partial charge in [-0.05, 0) is 23.6 Å². The van der Waals surface area contributed by atoms with Crippen molar-refractivity contribution in [2.45, 2.75) is 0 Å². The molecule has 3 heterocycles. The van der Waals surface area contributed by atoms with Crippen LogP contribution < -0.4 is 15.4 Å². The number of benzene rings is 1. The van der Waals surface area contributed by atoms with Gasteiger partial charge < -0.3 is 9.80 Å². The monoisotopic (exact) mass is 357 g/mol. The molecule has 128 valence electrons. The number of rotatable bonds is 3. The van der Waals surface area contributed by atoms with Crippen LogP contribution >= 0.6 is 11.3 Å². The van der Waals surface area contributed by atoms with Crippen LogP contribution in [0.1, 0.15) is 0 Å². The van der Waals surface area contributed by atoms with Gasteiger partial charge in [-0.2, -0.15) is 0 Å².